The van der Waals surface area contributed by atoms with Gasteiger partial charge in [0, 0.05) is 12.1 Å². The van der Waals surface area contributed by atoms with E-state index in [1.54, 1.807) is 4.90 Å². The van der Waals surface area contributed by atoms with Gasteiger partial charge in [0.25, 0.3) is 0 Å². The number of nitrogens with zero attached hydrogens (tertiary/aromatic N) is 3. The second kappa shape index (κ2) is 10.6. The SMILES string of the molecule is CCc1c(I)nn2c1CN(C(=O)OC(C)(C)C)CC2CO[Si](C)(C)C(C)(C)C.O=C=O. The molecule has 2 heterocycles. The van der Waals surface area contributed by atoms with Crippen molar-refractivity contribution in [2.45, 2.75) is 91.2 Å². The van der Waals surface area contributed by atoms with Crippen LogP contribution in [0.25, 0.3) is 0 Å². The lowest BCUT2D eigenvalue weighted by Gasteiger charge is -2.40. The standard InChI is InChI=1S/C20H36IN3O3Si.CO2/c1-10-15-16-12-23(18(25)27-19(2,3)4)11-14(24(16)22-17(15)21)13-26-28(8,9)20(5,6)7;2-1-3/h14H,10-13H2,1-9H3;. The number of halogens is 1. The molecule has 0 fully saturated rings. The highest BCUT2D eigenvalue weighted by atomic mass is 127. The Morgan fingerprint density at radius 1 is 1.23 bits per heavy atom. The van der Waals surface area contributed by atoms with Gasteiger partial charge in [0.05, 0.1) is 24.9 Å². The van der Waals surface area contributed by atoms with Gasteiger partial charge in [-0.1, -0.05) is 27.7 Å². The summed E-state index contributed by atoms with van der Waals surface area (Å²) >= 11 is 2.30. The van der Waals surface area contributed by atoms with Gasteiger partial charge in [-0.3, -0.25) is 4.68 Å². The highest BCUT2D eigenvalue weighted by molar-refractivity contribution is 14.1. The third-order valence-electron chi connectivity index (χ3n) is 5.64. The van der Waals surface area contributed by atoms with Gasteiger partial charge in [-0.05, 0) is 67.9 Å². The van der Waals surface area contributed by atoms with Crippen LogP contribution < -0.4 is 0 Å². The smallest absolute Gasteiger partial charge is 0.410 e. The van der Waals surface area contributed by atoms with Crippen molar-refractivity contribution in [2.75, 3.05) is 13.2 Å². The molecule has 1 aliphatic heterocycles. The van der Waals surface area contributed by atoms with Crippen molar-refractivity contribution >= 4 is 43.2 Å². The van der Waals surface area contributed by atoms with Gasteiger partial charge in [0.1, 0.15) is 9.30 Å². The van der Waals surface area contributed by atoms with Crippen LogP contribution in [0.5, 0.6) is 0 Å². The second-order valence-corrected chi connectivity index (χ2v) is 16.0. The highest BCUT2D eigenvalue weighted by Crippen LogP contribution is 2.37. The Bertz CT molecular complexity index is 805. The van der Waals surface area contributed by atoms with Crippen LogP contribution >= 0.6 is 22.6 Å². The Balaban J connectivity index is 0.00000151. The first-order valence-corrected chi connectivity index (χ1v) is 14.4. The van der Waals surface area contributed by atoms with Crippen molar-refractivity contribution in [1.82, 2.24) is 14.7 Å². The summed E-state index contributed by atoms with van der Waals surface area (Å²) in [6.07, 6.45) is 0.875. The molecule has 0 N–H and O–H groups in total. The monoisotopic (exact) mass is 565 g/mol. The van der Waals surface area contributed by atoms with Crippen molar-refractivity contribution in [1.29, 1.82) is 0 Å². The van der Waals surface area contributed by atoms with Gasteiger partial charge in [0.15, 0.2) is 8.32 Å². The minimum absolute atomic E-state index is 0.000732. The maximum Gasteiger partial charge on any atom is 0.410 e. The number of ether oxygens (including phenoxy) is 1. The summed E-state index contributed by atoms with van der Waals surface area (Å²) in [6.45, 7) is 20.7. The predicted octanol–water partition coefficient (Wildman–Crippen LogP) is 4.78. The Labute approximate surface area is 200 Å². The summed E-state index contributed by atoms with van der Waals surface area (Å²) in [7, 11) is -1.89. The zero-order chi connectivity index (χ0) is 24.2. The van der Waals surface area contributed by atoms with Crippen LogP contribution in [0.15, 0.2) is 0 Å². The van der Waals surface area contributed by atoms with Crippen LogP contribution in [0.1, 0.15) is 65.8 Å². The molecule has 0 saturated carbocycles. The van der Waals surface area contributed by atoms with E-state index in [9.17, 15) is 4.79 Å². The lowest BCUT2D eigenvalue weighted by molar-refractivity contribution is -0.191. The van der Waals surface area contributed by atoms with Crippen molar-refractivity contribution in [3.63, 3.8) is 0 Å². The second-order valence-electron chi connectivity index (χ2n) is 10.2. The fourth-order valence-electron chi connectivity index (χ4n) is 2.98. The summed E-state index contributed by atoms with van der Waals surface area (Å²) < 4.78 is 15.2. The maximum absolute atomic E-state index is 12.8. The van der Waals surface area contributed by atoms with Crippen molar-refractivity contribution in [3.8, 4) is 0 Å². The van der Waals surface area contributed by atoms with Crippen molar-refractivity contribution in [3.05, 3.63) is 15.0 Å². The van der Waals surface area contributed by atoms with E-state index in [-0.39, 0.29) is 23.3 Å². The molecule has 8 nitrogen and oxygen atoms in total. The molecule has 10 heteroatoms. The average molecular weight is 566 g/mol. The number of carbonyl (C=O) groups excluding carboxylic acids is 3. The lowest BCUT2D eigenvalue weighted by atomic mass is 10.1. The normalized spacial score (nSPS) is 16.7. The number of amides is 1. The number of hydrogen-bond donors (Lipinski definition) is 0. The summed E-state index contributed by atoms with van der Waals surface area (Å²) in [5.74, 6) is 0. The van der Waals surface area contributed by atoms with E-state index in [0.717, 1.165) is 15.8 Å². The van der Waals surface area contributed by atoms with Crippen LogP contribution in [0, 0.1) is 3.70 Å². The first-order valence-electron chi connectivity index (χ1n) is 10.4. The lowest BCUT2D eigenvalue weighted by Crippen LogP contribution is -2.47. The van der Waals surface area contributed by atoms with Crippen molar-refractivity contribution < 1.29 is 23.5 Å². The summed E-state index contributed by atoms with van der Waals surface area (Å²) in [4.78, 5) is 30.8. The third-order valence-corrected chi connectivity index (χ3v) is 11.0. The number of fused-ring (bicyclic) bond motifs is 1. The molecule has 0 radical (unpaired) electrons. The molecule has 0 aliphatic carbocycles. The van der Waals surface area contributed by atoms with Gasteiger partial charge in [-0.25, -0.2) is 4.79 Å². The summed E-state index contributed by atoms with van der Waals surface area (Å²) in [6, 6.07) is -0.000732. The molecule has 0 bridgehead atoms. The molecular weight excluding hydrogens is 529 g/mol. The van der Waals surface area contributed by atoms with E-state index in [4.69, 9.17) is 23.9 Å². The number of aromatic nitrogens is 2. The first-order chi connectivity index (χ1) is 14.1. The van der Waals surface area contributed by atoms with Gasteiger partial charge in [-0.15, -0.1) is 0 Å². The maximum atomic E-state index is 12.8. The molecule has 1 amide bonds. The van der Waals surface area contributed by atoms with Crippen LogP contribution in [0.2, 0.25) is 18.1 Å². The molecule has 1 unspecified atom stereocenters. The molecular formula is C21H36IN3O5Si. The average Bonchev–Trinajstić information content (AvgIpc) is 2.93. The molecule has 2 rings (SSSR count). The minimum atomic E-state index is -1.89. The van der Waals surface area contributed by atoms with Gasteiger partial charge in [0.2, 0.25) is 0 Å². The zero-order valence-corrected chi connectivity index (χ0v) is 23.3. The number of carbonyl (C=O) groups is 1. The van der Waals surface area contributed by atoms with E-state index in [2.05, 4.69) is 68.1 Å². The Morgan fingerprint density at radius 2 is 1.77 bits per heavy atom. The van der Waals surface area contributed by atoms with E-state index in [1.165, 1.54) is 5.56 Å². The molecule has 176 valence electrons. The van der Waals surface area contributed by atoms with Gasteiger partial charge in [-0.2, -0.15) is 14.7 Å². The van der Waals surface area contributed by atoms with Crippen LogP contribution in [-0.4, -0.2) is 54.0 Å². The molecule has 1 aliphatic rings. The first kappa shape index (κ1) is 27.8. The zero-order valence-electron chi connectivity index (χ0n) is 20.2. The van der Waals surface area contributed by atoms with Crippen molar-refractivity contribution in [2.24, 2.45) is 0 Å². The molecule has 0 spiro atoms. The van der Waals surface area contributed by atoms with Crippen LogP contribution in [-0.2, 0) is 31.7 Å². The van der Waals surface area contributed by atoms with Crippen LogP contribution in [0.3, 0.4) is 0 Å². The molecule has 1 aromatic rings. The van der Waals surface area contributed by atoms with Crippen LogP contribution in [0.4, 0.5) is 4.79 Å². The quantitative estimate of drug-likeness (QED) is 0.386. The Morgan fingerprint density at radius 3 is 2.23 bits per heavy atom. The highest BCUT2D eigenvalue weighted by Gasteiger charge is 2.40. The molecule has 0 saturated heterocycles. The van der Waals surface area contributed by atoms with E-state index >= 15 is 0 Å². The molecule has 31 heavy (non-hydrogen) atoms. The minimum Gasteiger partial charge on any atom is -0.444 e. The molecule has 0 aromatic carbocycles. The predicted molar refractivity (Wildman–Crippen MR) is 128 cm³/mol. The largest absolute Gasteiger partial charge is 0.444 e. The fourth-order valence-corrected chi connectivity index (χ4v) is 4.95. The number of rotatable bonds is 4. The topological polar surface area (TPSA) is 90.7 Å². The Kier molecular flexibility index (Phi) is 9.50. The fraction of sp³-hybridized carbons (Fsp3) is 0.762. The summed E-state index contributed by atoms with van der Waals surface area (Å²) in [5.41, 5.74) is 1.81. The summed E-state index contributed by atoms with van der Waals surface area (Å²) in [5, 5.41) is 4.94. The third kappa shape index (κ3) is 7.40. The molecule has 1 atom stereocenters. The van der Waals surface area contributed by atoms with E-state index in [0.29, 0.717) is 19.7 Å². The van der Waals surface area contributed by atoms with E-state index < -0.39 is 13.9 Å². The number of hydrogen-bond acceptors (Lipinski definition) is 6. The van der Waals surface area contributed by atoms with Gasteiger partial charge < -0.3 is 14.1 Å². The van der Waals surface area contributed by atoms with Gasteiger partial charge >= 0.3 is 12.2 Å². The van der Waals surface area contributed by atoms with E-state index in [1.807, 2.05) is 20.8 Å². The molecule has 1 aromatic heterocycles. The Hall–Kier alpha value is -1.23.